The van der Waals surface area contributed by atoms with Gasteiger partial charge in [0.2, 0.25) is 10.0 Å². The fourth-order valence-electron chi connectivity index (χ4n) is 1.94. The van der Waals surface area contributed by atoms with Gasteiger partial charge < -0.3 is 14.8 Å². The predicted molar refractivity (Wildman–Crippen MR) is 96.4 cm³/mol. The van der Waals surface area contributed by atoms with Gasteiger partial charge in [0, 0.05) is 6.54 Å². The van der Waals surface area contributed by atoms with E-state index in [2.05, 4.69) is 14.8 Å². The minimum absolute atomic E-state index is 0.0612. The van der Waals surface area contributed by atoms with Crippen LogP contribution in [0, 0.1) is 5.82 Å². The zero-order valence-electron chi connectivity index (χ0n) is 15.3. The van der Waals surface area contributed by atoms with Crippen molar-refractivity contribution in [2.75, 3.05) is 13.7 Å². The summed E-state index contributed by atoms with van der Waals surface area (Å²) in [6.45, 7) is 4.99. The van der Waals surface area contributed by atoms with Crippen molar-refractivity contribution in [1.29, 1.82) is 0 Å². The third kappa shape index (κ3) is 7.69. The summed E-state index contributed by atoms with van der Waals surface area (Å²) >= 11 is 5.77. The lowest BCUT2D eigenvalue weighted by Gasteiger charge is -2.21. The summed E-state index contributed by atoms with van der Waals surface area (Å²) in [5, 5.41) is 2.08. The number of rotatable bonds is 7. The van der Waals surface area contributed by atoms with Crippen molar-refractivity contribution in [2.45, 2.75) is 43.7 Å². The van der Waals surface area contributed by atoms with Crippen LogP contribution in [0.1, 0.15) is 27.2 Å². The molecule has 0 radical (unpaired) electrons. The van der Waals surface area contributed by atoms with Gasteiger partial charge in [-0.05, 0) is 45.4 Å². The Bertz CT molecular complexity index is 795. The maximum Gasteiger partial charge on any atom is 0.407 e. The Morgan fingerprint density at radius 3 is 2.44 bits per heavy atom. The molecule has 2 N–H and O–H groups in total. The van der Waals surface area contributed by atoms with E-state index in [1.54, 1.807) is 20.8 Å². The summed E-state index contributed by atoms with van der Waals surface area (Å²) in [5.41, 5.74) is -0.702. The van der Waals surface area contributed by atoms with E-state index in [1.165, 1.54) is 0 Å². The van der Waals surface area contributed by atoms with Crippen LogP contribution in [0.3, 0.4) is 0 Å². The third-order valence-electron chi connectivity index (χ3n) is 3.07. The van der Waals surface area contributed by atoms with Crippen molar-refractivity contribution in [2.24, 2.45) is 0 Å². The van der Waals surface area contributed by atoms with Gasteiger partial charge in [-0.25, -0.2) is 17.6 Å². The molecule has 0 spiro atoms. The van der Waals surface area contributed by atoms with Gasteiger partial charge in [-0.3, -0.25) is 4.79 Å². The van der Waals surface area contributed by atoms with Crippen LogP contribution in [0.5, 0.6) is 0 Å². The summed E-state index contributed by atoms with van der Waals surface area (Å²) < 4.78 is 49.8. The Kier molecular flexibility index (Phi) is 8.00. The van der Waals surface area contributed by atoms with E-state index in [0.717, 1.165) is 25.3 Å². The van der Waals surface area contributed by atoms with Crippen LogP contribution in [0.4, 0.5) is 9.18 Å². The molecule has 1 rings (SSSR count). The molecule has 0 aliphatic heterocycles. The van der Waals surface area contributed by atoms with Crippen LogP contribution in [0.25, 0.3) is 0 Å². The highest BCUT2D eigenvalue weighted by molar-refractivity contribution is 7.89. The molecule has 1 amide bonds. The van der Waals surface area contributed by atoms with Gasteiger partial charge in [-0.2, -0.15) is 4.72 Å². The van der Waals surface area contributed by atoms with E-state index in [4.69, 9.17) is 16.3 Å². The number of carbonyl (C=O) groups excluding carboxylic acids is 2. The van der Waals surface area contributed by atoms with E-state index in [-0.39, 0.29) is 22.9 Å². The van der Waals surface area contributed by atoms with Crippen molar-refractivity contribution < 1.29 is 31.9 Å². The number of amides is 1. The Morgan fingerprint density at radius 2 is 1.93 bits per heavy atom. The number of sulfonamides is 1. The van der Waals surface area contributed by atoms with Gasteiger partial charge in [0.1, 0.15) is 22.4 Å². The number of ether oxygens (including phenoxy) is 2. The maximum atomic E-state index is 13.1. The fourth-order valence-corrected chi connectivity index (χ4v) is 3.69. The number of nitrogens with one attached hydrogen (secondary N) is 2. The molecule has 152 valence electrons. The highest BCUT2D eigenvalue weighted by Gasteiger charge is 2.28. The number of methoxy groups -OCH3 is 1. The Morgan fingerprint density at radius 1 is 1.30 bits per heavy atom. The molecule has 0 aliphatic rings. The van der Waals surface area contributed by atoms with Gasteiger partial charge in [0.15, 0.2) is 0 Å². The first kappa shape index (κ1) is 23.1. The lowest BCUT2D eigenvalue weighted by Crippen LogP contribution is -2.44. The van der Waals surface area contributed by atoms with E-state index in [1.807, 2.05) is 0 Å². The van der Waals surface area contributed by atoms with Crippen molar-refractivity contribution in [3.63, 3.8) is 0 Å². The summed E-state index contributed by atoms with van der Waals surface area (Å²) in [6, 6.07) is 1.45. The van der Waals surface area contributed by atoms with E-state index in [9.17, 15) is 22.4 Å². The Hall–Kier alpha value is -1.91. The van der Waals surface area contributed by atoms with Crippen LogP contribution in [-0.4, -0.2) is 45.8 Å². The Balaban J connectivity index is 2.83. The molecule has 1 aromatic carbocycles. The van der Waals surface area contributed by atoms with Gasteiger partial charge in [0.25, 0.3) is 0 Å². The number of hydrogen-bond acceptors (Lipinski definition) is 6. The second-order valence-corrected chi connectivity index (χ2v) is 8.58. The average Bonchev–Trinajstić information content (AvgIpc) is 2.50. The van der Waals surface area contributed by atoms with E-state index < -0.39 is 39.5 Å². The van der Waals surface area contributed by atoms with Crippen molar-refractivity contribution in [3.05, 3.63) is 29.0 Å². The molecule has 0 aromatic heterocycles. The number of benzene rings is 1. The number of carbonyl (C=O) groups is 2. The molecule has 11 heteroatoms. The maximum absolute atomic E-state index is 13.1. The SMILES string of the molecule is COC(=O)[C@H](CCNC(=O)OC(C)(C)C)NS(=O)(=O)c1ccc(F)cc1Cl. The molecule has 8 nitrogen and oxygen atoms in total. The second kappa shape index (κ2) is 9.34. The van der Waals surface area contributed by atoms with Crippen molar-refractivity contribution in [3.8, 4) is 0 Å². The topological polar surface area (TPSA) is 111 Å². The zero-order chi connectivity index (χ0) is 20.8. The first-order chi connectivity index (χ1) is 12.4. The molecule has 27 heavy (non-hydrogen) atoms. The lowest BCUT2D eigenvalue weighted by molar-refractivity contribution is -0.142. The number of alkyl carbamates (subject to hydrolysis) is 1. The molecule has 0 fully saturated rings. The fraction of sp³-hybridized carbons (Fsp3) is 0.500. The quantitative estimate of drug-likeness (QED) is 0.649. The molecule has 0 saturated carbocycles. The molecule has 0 unspecified atom stereocenters. The molecular weight excluding hydrogens is 403 g/mol. The monoisotopic (exact) mass is 424 g/mol. The summed E-state index contributed by atoms with van der Waals surface area (Å²) in [5.74, 6) is -1.56. The minimum Gasteiger partial charge on any atom is -0.468 e. The number of hydrogen-bond donors (Lipinski definition) is 2. The summed E-state index contributed by atoms with van der Waals surface area (Å²) in [4.78, 5) is 23.1. The molecule has 0 bridgehead atoms. The first-order valence-corrected chi connectivity index (χ1v) is 9.74. The molecule has 0 heterocycles. The van der Waals surface area contributed by atoms with Gasteiger partial charge in [-0.15, -0.1) is 0 Å². The minimum atomic E-state index is -4.23. The number of halogens is 2. The Labute approximate surface area is 162 Å². The molecule has 1 aromatic rings. The van der Waals surface area contributed by atoms with E-state index in [0.29, 0.717) is 0 Å². The van der Waals surface area contributed by atoms with E-state index >= 15 is 0 Å². The standard InChI is InChI=1S/C16H22ClFN2O6S/c1-16(2,3)26-15(22)19-8-7-12(14(21)25-4)20-27(23,24)13-6-5-10(18)9-11(13)17/h5-6,9,12,20H,7-8H2,1-4H3,(H,19,22)/t12-/m0/s1. The first-order valence-electron chi connectivity index (χ1n) is 7.88. The molecule has 0 aliphatic carbocycles. The van der Waals surface area contributed by atoms with Crippen molar-refractivity contribution >= 4 is 33.7 Å². The van der Waals surface area contributed by atoms with Crippen molar-refractivity contribution in [1.82, 2.24) is 10.0 Å². The average molecular weight is 425 g/mol. The van der Waals surface area contributed by atoms with Crippen LogP contribution >= 0.6 is 11.6 Å². The van der Waals surface area contributed by atoms with Crippen LogP contribution in [-0.2, 0) is 24.3 Å². The lowest BCUT2D eigenvalue weighted by atomic mass is 10.2. The summed E-state index contributed by atoms with van der Waals surface area (Å²) in [7, 11) is -3.14. The van der Waals surface area contributed by atoms with Gasteiger partial charge in [-0.1, -0.05) is 11.6 Å². The smallest absolute Gasteiger partial charge is 0.407 e. The van der Waals surface area contributed by atoms with Crippen LogP contribution < -0.4 is 10.0 Å². The summed E-state index contributed by atoms with van der Waals surface area (Å²) in [6.07, 6.45) is -0.820. The van der Waals surface area contributed by atoms with Gasteiger partial charge in [0.05, 0.1) is 12.1 Å². The predicted octanol–water partition coefficient (Wildman–Crippen LogP) is 2.21. The third-order valence-corrected chi connectivity index (χ3v) is 5.02. The normalized spacial score (nSPS) is 13.0. The number of esters is 1. The second-order valence-electron chi connectivity index (χ2n) is 6.49. The largest absolute Gasteiger partial charge is 0.468 e. The van der Waals surface area contributed by atoms with Crippen LogP contribution in [0.15, 0.2) is 23.1 Å². The van der Waals surface area contributed by atoms with Crippen LogP contribution in [0.2, 0.25) is 5.02 Å². The zero-order valence-corrected chi connectivity index (χ0v) is 16.9. The highest BCUT2D eigenvalue weighted by Crippen LogP contribution is 2.22. The van der Waals surface area contributed by atoms with Gasteiger partial charge >= 0.3 is 12.1 Å². The molecule has 1 atom stereocenters. The molecule has 0 saturated heterocycles. The highest BCUT2D eigenvalue weighted by atomic mass is 35.5. The molecular formula is C16H22ClFN2O6S.